The minimum Gasteiger partial charge on any atom is -0.496 e. The fraction of sp³-hybridized carbons (Fsp3) is 0.818. The molecule has 0 amide bonds. The van der Waals surface area contributed by atoms with Crippen LogP contribution in [0.15, 0.2) is 0 Å². The minimum atomic E-state index is 0.452. The van der Waals surface area contributed by atoms with Gasteiger partial charge in [0.2, 0.25) is 0 Å². The van der Waals surface area contributed by atoms with E-state index in [1.54, 1.807) is 11.1 Å². The predicted molar refractivity (Wildman–Crippen MR) is 149 cm³/mol. The molecule has 0 radical (unpaired) electrons. The smallest absolute Gasteiger partial charge is 0.125 e. The maximum absolute atomic E-state index is 5.93. The molecule has 1 aromatic rings. The summed E-state index contributed by atoms with van der Waals surface area (Å²) in [5.74, 6) is 7.11. The van der Waals surface area contributed by atoms with E-state index in [2.05, 4.69) is 76.2 Å². The normalized spacial score (nSPS) is 40.7. The molecule has 34 heavy (non-hydrogen) atoms. The molecule has 0 N–H and O–H groups in total. The first-order valence-corrected chi connectivity index (χ1v) is 14.5. The van der Waals surface area contributed by atoms with Crippen LogP contribution in [-0.4, -0.2) is 7.11 Å². The molecule has 0 aromatic heterocycles. The third-order valence-electron chi connectivity index (χ3n) is 11.6. The second kappa shape index (κ2) is 9.48. The summed E-state index contributed by atoms with van der Waals surface area (Å²) in [7, 11) is 1.85. The van der Waals surface area contributed by atoms with Crippen molar-refractivity contribution in [3.63, 3.8) is 0 Å². The van der Waals surface area contributed by atoms with E-state index in [4.69, 9.17) is 4.74 Å². The Balaban J connectivity index is 0.00000158. The molecule has 8 unspecified atom stereocenters. The molecule has 1 aromatic carbocycles. The molecule has 0 spiro atoms. The molecule has 0 aliphatic heterocycles. The van der Waals surface area contributed by atoms with E-state index in [0.29, 0.717) is 22.7 Å². The Hall–Kier alpha value is -0.980. The average Bonchev–Trinajstić information content (AvgIpc) is 2.95. The Labute approximate surface area is 212 Å². The summed E-state index contributed by atoms with van der Waals surface area (Å²) in [6.07, 6.45) is 4.18. The maximum Gasteiger partial charge on any atom is 0.125 e. The molecular formula is C33H56O. The van der Waals surface area contributed by atoms with Crippen LogP contribution in [0.1, 0.15) is 128 Å². The highest BCUT2D eigenvalue weighted by molar-refractivity contribution is 5.58. The van der Waals surface area contributed by atoms with Gasteiger partial charge in [0.1, 0.15) is 5.75 Å². The second-order valence-electron chi connectivity index (χ2n) is 13.3. The quantitative estimate of drug-likeness (QED) is 0.429. The van der Waals surface area contributed by atoms with Gasteiger partial charge in [-0.15, -0.1) is 0 Å². The van der Waals surface area contributed by atoms with E-state index < -0.39 is 0 Å². The van der Waals surface area contributed by atoms with Crippen molar-refractivity contribution < 1.29 is 4.74 Å². The van der Waals surface area contributed by atoms with E-state index in [9.17, 15) is 0 Å². The van der Waals surface area contributed by atoms with Crippen LogP contribution in [0.5, 0.6) is 5.75 Å². The highest BCUT2D eigenvalue weighted by Crippen LogP contribution is 2.73. The van der Waals surface area contributed by atoms with Crippen molar-refractivity contribution in [1.82, 2.24) is 0 Å². The topological polar surface area (TPSA) is 9.23 Å². The summed E-state index contributed by atoms with van der Waals surface area (Å²) in [5, 5.41) is 0. The van der Waals surface area contributed by atoms with Crippen molar-refractivity contribution in [2.45, 2.75) is 121 Å². The molecule has 0 saturated heterocycles. The number of benzene rings is 1. The summed E-state index contributed by atoms with van der Waals surface area (Å²) in [6.45, 7) is 31.5. The van der Waals surface area contributed by atoms with Gasteiger partial charge in [-0.2, -0.15) is 0 Å². The molecule has 0 heterocycles. The third kappa shape index (κ3) is 3.61. The first-order chi connectivity index (χ1) is 15.8. The van der Waals surface area contributed by atoms with Gasteiger partial charge in [-0.25, -0.2) is 0 Å². The summed E-state index contributed by atoms with van der Waals surface area (Å²) in [4.78, 5) is 0. The van der Waals surface area contributed by atoms with Gasteiger partial charge >= 0.3 is 0 Å². The Morgan fingerprint density at radius 1 is 0.912 bits per heavy atom. The highest BCUT2D eigenvalue weighted by atomic mass is 16.5. The molecule has 4 rings (SSSR count). The molecule has 3 aliphatic carbocycles. The van der Waals surface area contributed by atoms with E-state index in [1.165, 1.54) is 36.0 Å². The fourth-order valence-corrected chi connectivity index (χ4v) is 9.83. The Kier molecular flexibility index (Phi) is 7.69. The monoisotopic (exact) mass is 468 g/mol. The zero-order valence-electron chi connectivity index (χ0n) is 25.1. The number of hydrogen-bond donors (Lipinski definition) is 0. The SMILES string of the molecule is CC.COc1c(C)c(C)c2c(c1C)C(C)C(C)C1C2C(C)CC2(C)C1CC(C)[C@]2(C)CC(C)C. The highest BCUT2D eigenvalue weighted by Gasteiger charge is 2.65. The van der Waals surface area contributed by atoms with Gasteiger partial charge in [0.05, 0.1) is 7.11 Å². The van der Waals surface area contributed by atoms with Crippen LogP contribution in [-0.2, 0) is 0 Å². The molecule has 0 bridgehead atoms. The number of hydrogen-bond acceptors (Lipinski definition) is 1. The van der Waals surface area contributed by atoms with Gasteiger partial charge in [-0.1, -0.05) is 69.2 Å². The van der Waals surface area contributed by atoms with Crippen LogP contribution in [0, 0.1) is 67.1 Å². The zero-order valence-corrected chi connectivity index (χ0v) is 25.1. The average molecular weight is 469 g/mol. The summed E-state index contributed by atoms with van der Waals surface area (Å²) >= 11 is 0. The fourth-order valence-electron chi connectivity index (χ4n) is 9.83. The molecule has 2 saturated carbocycles. The zero-order chi connectivity index (χ0) is 25.9. The largest absolute Gasteiger partial charge is 0.496 e. The summed E-state index contributed by atoms with van der Waals surface area (Å²) in [6, 6.07) is 0. The molecular weight excluding hydrogens is 412 g/mol. The molecule has 2 fully saturated rings. The van der Waals surface area contributed by atoms with Crippen LogP contribution in [0.3, 0.4) is 0 Å². The number of rotatable bonds is 3. The van der Waals surface area contributed by atoms with Gasteiger partial charge in [0, 0.05) is 0 Å². The first kappa shape index (κ1) is 27.6. The van der Waals surface area contributed by atoms with Gasteiger partial charge < -0.3 is 4.74 Å². The third-order valence-corrected chi connectivity index (χ3v) is 11.6. The van der Waals surface area contributed by atoms with Crippen LogP contribution in [0.25, 0.3) is 0 Å². The van der Waals surface area contributed by atoms with E-state index >= 15 is 0 Å². The van der Waals surface area contributed by atoms with Crippen molar-refractivity contribution in [2.75, 3.05) is 7.11 Å². The van der Waals surface area contributed by atoms with Gasteiger partial charge in [0.25, 0.3) is 0 Å². The molecule has 1 heteroatoms. The van der Waals surface area contributed by atoms with Gasteiger partial charge in [-0.3, -0.25) is 0 Å². The van der Waals surface area contributed by atoms with Crippen molar-refractivity contribution >= 4 is 0 Å². The lowest BCUT2D eigenvalue weighted by atomic mass is 9.44. The van der Waals surface area contributed by atoms with Crippen LogP contribution in [0.2, 0.25) is 0 Å². The summed E-state index contributed by atoms with van der Waals surface area (Å²) in [5.41, 5.74) is 8.55. The standard InChI is InChI=1S/C31H50O.C2H6/c1-16(2)14-30(10)18(4)13-24-27-20(6)19(5)26-23(9)29(32-12)22(8)21(7)28(26)25(27)17(3)15-31(24,30)11;1-2/h16-20,24-25,27H,13-15H2,1-12H3;1-2H3/t17?,18?,19?,20?,24?,25?,27?,30-,31?;/m0./s1. The van der Waals surface area contributed by atoms with Crippen LogP contribution < -0.4 is 4.74 Å². The Bertz CT molecular complexity index is 897. The van der Waals surface area contributed by atoms with Gasteiger partial charge in [-0.05, 0) is 126 Å². The van der Waals surface area contributed by atoms with Gasteiger partial charge in [0.15, 0.2) is 0 Å². The predicted octanol–water partition coefficient (Wildman–Crippen LogP) is 9.85. The van der Waals surface area contributed by atoms with E-state index in [-0.39, 0.29) is 0 Å². The van der Waals surface area contributed by atoms with E-state index in [0.717, 1.165) is 41.3 Å². The minimum absolute atomic E-state index is 0.452. The summed E-state index contributed by atoms with van der Waals surface area (Å²) < 4.78 is 5.93. The number of ether oxygens (including phenoxy) is 1. The molecule has 9 atom stereocenters. The lowest BCUT2D eigenvalue weighted by Crippen LogP contribution is -2.52. The lowest BCUT2D eigenvalue weighted by Gasteiger charge is -2.60. The van der Waals surface area contributed by atoms with Crippen LogP contribution >= 0.6 is 0 Å². The Morgan fingerprint density at radius 2 is 1.50 bits per heavy atom. The van der Waals surface area contributed by atoms with Crippen molar-refractivity contribution in [3.8, 4) is 5.75 Å². The van der Waals surface area contributed by atoms with Crippen molar-refractivity contribution in [3.05, 3.63) is 27.8 Å². The van der Waals surface area contributed by atoms with E-state index in [1.807, 2.05) is 21.0 Å². The lowest BCUT2D eigenvalue weighted by molar-refractivity contribution is -0.0745. The van der Waals surface area contributed by atoms with Crippen molar-refractivity contribution in [2.24, 2.45) is 46.3 Å². The molecule has 3 aliphatic rings. The number of methoxy groups -OCH3 is 1. The Morgan fingerprint density at radius 3 is 2.03 bits per heavy atom. The maximum atomic E-state index is 5.93. The second-order valence-corrected chi connectivity index (χ2v) is 13.3. The van der Waals surface area contributed by atoms with Crippen LogP contribution in [0.4, 0.5) is 0 Å². The molecule has 194 valence electrons. The molecule has 1 nitrogen and oxygen atoms in total. The first-order valence-electron chi connectivity index (χ1n) is 14.5. The number of fused-ring (bicyclic) bond motifs is 5. The van der Waals surface area contributed by atoms with Crippen molar-refractivity contribution in [1.29, 1.82) is 0 Å².